The van der Waals surface area contributed by atoms with Crippen LogP contribution >= 0.6 is 0 Å². The van der Waals surface area contributed by atoms with Crippen LogP contribution in [0.1, 0.15) is 41.6 Å². The molecule has 0 heterocycles. The zero-order valence-corrected chi connectivity index (χ0v) is 11.6. The van der Waals surface area contributed by atoms with Crippen molar-refractivity contribution < 1.29 is 14.3 Å². The highest BCUT2D eigenvalue weighted by atomic mass is 16.5. The number of carbonyl (C=O) groups excluding carboxylic acids is 2. The molecule has 0 bridgehead atoms. The van der Waals surface area contributed by atoms with E-state index in [-0.39, 0.29) is 12.0 Å². The summed E-state index contributed by atoms with van der Waals surface area (Å²) in [6.45, 7) is 0.444. The number of rotatable bonds is 4. The van der Waals surface area contributed by atoms with Gasteiger partial charge in [-0.15, -0.1) is 0 Å². The van der Waals surface area contributed by atoms with Crippen LogP contribution in [0.15, 0.2) is 24.3 Å². The van der Waals surface area contributed by atoms with Crippen molar-refractivity contribution in [3.8, 4) is 0 Å². The first-order chi connectivity index (χ1) is 9.69. The Kier molecular flexibility index (Phi) is 4.98. The fraction of sp³-hybridized carbons (Fsp3) is 0.467. The van der Waals surface area contributed by atoms with E-state index in [1.165, 1.54) is 20.0 Å². The maximum atomic E-state index is 11.7. The minimum absolute atomic E-state index is 0.131. The average molecular weight is 276 g/mol. The number of hydrogen-bond donors (Lipinski definition) is 2. The van der Waals surface area contributed by atoms with Crippen LogP contribution in [0.2, 0.25) is 0 Å². The monoisotopic (exact) mass is 276 g/mol. The van der Waals surface area contributed by atoms with Crippen molar-refractivity contribution >= 4 is 12.0 Å². The lowest BCUT2D eigenvalue weighted by molar-refractivity contribution is 0.0600. The van der Waals surface area contributed by atoms with Crippen molar-refractivity contribution in [3.63, 3.8) is 0 Å². The Morgan fingerprint density at radius 3 is 2.45 bits per heavy atom. The molecule has 5 heteroatoms. The van der Waals surface area contributed by atoms with Gasteiger partial charge in [0.1, 0.15) is 0 Å². The molecular formula is C15H20N2O3. The molecule has 0 radical (unpaired) electrons. The number of urea groups is 1. The number of nitrogens with one attached hydrogen (secondary N) is 2. The van der Waals surface area contributed by atoms with Gasteiger partial charge >= 0.3 is 12.0 Å². The molecule has 1 aliphatic carbocycles. The van der Waals surface area contributed by atoms with E-state index in [1.807, 2.05) is 12.1 Å². The van der Waals surface area contributed by atoms with Crippen molar-refractivity contribution in [1.29, 1.82) is 0 Å². The molecule has 0 saturated heterocycles. The third kappa shape index (κ3) is 3.98. The van der Waals surface area contributed by atoms with E-state index < -0.39 is 0 Å². The van der Waals surface area contributed by atoms with Crippen LogP contribution in [-0.2, 0) is 11.3 Å². The Hall–Kier alpha value is -2.04. The van der Waals surface area contributed by atoms with Crippen molar-refractivity contribution in [2.75, 3.05) is 7.11 Å². The topological polar surface area (TPSA) is 67.4 Å². The number of amides is 2. The molecule has 0 atom stereocenters. The molecule has 108 valence electrons. The molecule has 2 N–H and O–H groups in total. The number of esters is 1. The van der Waals surface area contributed by atoms with Crippen molar-refractivity contribution in [2.45, 2.75) is 38.3 Å². The Morgan fingerprint density at radius 2 is 1.85 bits per heavy atom. The maximum absolute atomic E-state index is 11.7. The summed E-state index contributed by atoms with van der Waals surface area (Å²) in [6, 6.07) is 7.19. The van der Waals surface area contributed by atoms with E-state index in [4.69, 9.17) is 0 Å². The highest BCUT2D eigenvalue weighted by Crippen LogP contribution is 2.17. The first-order valence-corrected chi connectivity index (χ1v) is 6.90. The fourth-order valence-corrected chi connectivity index (χ4v) is 2.37. The molecule has 5 nitrogen and oxygen atoms in total. The van der Waals surface area contributed by atoms with Crippen LogP contribution in [0.4, 0.5) is 4.79 Å². The van der Waals surface area contributed by atoms with E-state index >= 15 is 0 Å². The maximum Gasteiger partial charge on any atom is 0.337 e. The molecule has 1 fully saturated rings. The molecule has 1 aromatic carbocycles. The second kappa shape index (κ2) is 6.93. The molecule has 1 aliphatic rings. The minimum Gasteiger partial charge on any atom is -0.465 e. The molecule has 0 aliphatic heterocycles. The van der Waals surface area contributed by atoms with Gasteiger partial charge in [0, 0.05) is 12.6 Å². The smallest absolute Gasteiger partial charge is 0.337 e. The Bertz CT molecular complexity index is 465. The molecule has 0 unspecified atom stereocenters. The van der Waals surface area contributed by atoms with Crippen LogP contribution in [-0.4, -0.2) is 25.2 Å². The molecule has 1 saturated carbocycles. The number of ether oxygens (including phenoxy) is 1. The zero-order valence-electron chi connectivity index (χ0n) is 11.6. The van der Waals surface area contributed by atoms with Crippen LogP contribution in [0, 0.1) is 0 Å². The minimum atomic E-state index is -0.358. The zero-order chi connectivity index (χ0) is 14.4. The second-order valence-corrected chi connectivity index (χ2v) is 5.00. The van der Waals surface area contributed by atoms with Crippen molar-refractivity contribution in [1.82, 2.24) is 10.6 Å². The van der Waals surface area contributed by atoms with Gasteiger partial charge in [-0.2, -0.15) is 0 Å². The molecule has 0 aromatic heterocycles. The quantitative estimate of drug-likeness (QED) is 0.829. The SMILES string of the molecule is COC(=O)c1ccc(CNC(=O)NC2CCCC2)cc1. The summed E-state index contributed by atoms with van der Waals surface area (Å²) in [5.41, 5.74) is 1.45. The fourth-order valence-electron chi connectivity index (χ4n) is 2.37. The summed E-state index contributed by atoms with van der Waals surface area (Å²) in [5.74, 6) is -0.358. The molecule has 0 spiro atoms. The van der Waals surface area contributed by atoms with Gasteiger partial charge in [0.15, 0.2) is 0 Å². The number of benzene rings is 1. The predicted octanol–water partition coefficient (Wildman–Crippen LogP) is 2.21. The van der Waals surface area contributed by atoms with Crippen molar-refractivity contribution in [3.05, 3.63) is 35.4 Å². The Labute approximate surface area is 118 Å². The lowest BCUT2D eigenvalue weighted by Crippen LogP contribution is -2.40. The highest BCUT2D eigenvalue weighted by molar-refractivity contribution is 5.89. The summed E-state index contributed by atoms with van der Waals surface area (Å²) in [5, 5.41) is 5.79. The molecule has 2 rings (SSSR count). The first kappa shape index (κ1) is 14.4. The largest absolute Gasteiger partial charge is 0.465 e. The van der Waals surface area contributed by atoms with Gasteiger partial charge < -0.3 is 15.4 Å². The molecule has 20 heavy (non-hydrogen) atoms. The van der Waals surface area contributed by atoms with Gasteiger partial charge in [-0.3, -0.25) is 0 Å². The van der Waals surface area contributed by atoms with Gasteiger partial charge in [0.2, 0.25) is 0 Å². The van der Waals surface area contributed by atoms with Crippen LogP contribution in [0.3, 0.4) is 0 Å². The third-order valence-electron chi connectivity index (χ3n) is 3.52. The number of hydrogen-bond acceptors (Lipinski definition) is 3. The van der Waals surface area contributed by atoms with Crippen LogP contribution in [0.25, 0.3) is 0 Å². The van der Waals surface area contributed by atoms with Gasteiger partial charge in [0.05, 0.1) is 12.7 Å². The number of methoxy groups -OCH3 is 1. The first-order valence-electron chi connectivity index (χ1n) is 6.90. The summed E-state index contributed by atoms with van der Waals surface area (Å²) in [4.78, 5) is 23.0. The average Bonchev–Trinajstić information content (AvgIpc) is 2.97. The van der Waals surface area contributed by atoms with E-state index in [1.54, 1.807) is 12.1 Å². The normalized spacial score (nSPS) is 14.8. The van der Waals surface area contributed by atoms with Crippen LogP contribution in [0.5, 0.6) is 0 Å². The summed E-state index contributed by atoms with van der Waals surface area (Å²) in [6.07, 6.45) is 4.53. The van der Waals surface area contributed by atoms with E-state index in [2.05, 4.69) is 15.4 Å². The molecular weight excluding hydrogens is 256 g/mol. The van der Waals surface area contributed by atoms with Gasteiger partial charge in [0.25, 0.3) is 0 Å². The number of carbonyl (C=O) groups is 2. The predicted molar refractivity (Wildman–Crippen MR) is 75.4 cm³/mol. The van der Waals surface area contributed by atoms with Gasteiger partial charge in [-0.1, -0.05) is 25.0 Å². The van der Waals surface area contributed by atoms with E-state index in [0.717, 1.165) is 18.4 Å². The summed E-state index contributed by atoms with van der Waals surface area (Å²) >= 11 is 0. The lowest BCUT2D eigenvalue weighted by atomic mass is 10.1. The Morgan fingerprint density at radius 1 is 1.20 bits per heavy atom. The molecule has 1 aromatic rings. The lowest BCUT2D eigenvalue weighted by Gasteiger charge is -2.13. The standard InChI is InChI=1S/C15H20N2O3/c1-20-14(18)12-8-6-11(7-9-12)10-16-15(19)17-13-4-2-3-5-13/h6-9,13H,2-5,10H2,1H3,(H2,16,17,19). The summed E-state index contributed by atoms with van der Waals surface area (Å²) < 4.78 is 4.63. The van der Waals surface area contributed by atoms with Gasteiger partial charge in [-0.25, -0.2) is 9.59 Å². The second-order valence-electron chi connectivity index (χ2n) is 5.00. The van der Waals surface area contributed by atoms with Crippen molar-refractivity contribution in [2.24, 2.45) is 0 Å². The van der Waals surface area contributed by atoms with E-state index in [0.29, 0.717) is 18.2 Å². The highest BCUT2D eigenvalue weighted by Gasteiger charge is 2.16. The van der Waals surface area contributed by atoms with E-state index in [9.17, 15) is 9.59 Å². The van der Waals surface area contributed by atoms with Gasteiger partial charge in [-0.05, 0) is 30.5 Å². The van der Waals surface area contributed by atoms with Crippen LogP contribution < -0.4 is 10.6 Å². The molecule has 2 amide bonds. The summed E-state index contributed by atoms with van der Waals surface area (Å²) in [7, 11) is 1.35. The third-order valence-corrected chi connectivity index (χ3v) is 3.52. The Balaban J connectivity index is 1.78.